The average Bonchev–Trinajstić information content (AvgIpc) is 2.50. The van der Waals surface area contributed by atoms with E-state index in [2.05, 4.69) is 6.92 Å². The van der Waals surface area contributed by atoms with Crippen molar-refractivity contribution in [2.75, 3.05) is 20.0 Å². The molecule has 0 aliphatic carbocycles. The van der Waals surface area contributed by atoms with E-state index in [1.165, 1.54) is 20.3 Å². The molecule has 1 aromatic carbocycles. The van der Waals surface area contributed by atoms with Crippen molar-refractivity contribution in [3.63, 3.8) is 0 Å². The van der Waals surface area contributed by atoms with Gasteiger partial charge in [0.25, 0.3) is 0 Å². The van der Waals surface area contributed by atoms with E-state index in [4.69, 9.17) is 14.2 Å². The number of hydrogen-bond donors (Lipinski definition) is 1. The lowest BCUT2D eigenvalue weighted by molar-refractivity contribution is 0.0695. The number of thioether (sulfide) groups is 1. The Hall–Kier alpha value is -1.82. The molecule has 114 valence electrons. The number of carbonyl (C=O) groups is 1. The second-order valence-electron chi connectivity index (χ2n) is 4.42. The van der Waals surface area contributed by atoms with Crippen LogP contribution in [0.2, 0.25) is 0 Å². The van der Waals surface area contributed by atoms with Crippen LogP contribution in [0.3, 0.4) is 0 Å². The highest BCUT2D eigenvalue weighted by Gasteiger charge is 2.27. The molecule has 0 saturated heterocycles. The van der Waals surface area contributed by atoms with E-state index >= 15 is 0 Å². The van der Waals surface area contributed by atoms with Crippen molar-refractivity contribution < 1.29 is 24.1 Å². The fourth-order valence-electron chi connectivity index (χ4n) is 2.09. The lowest BCUT2D eigenvalue weighted by Gasteiger charge is -2.25. The summed E-state index contributed by atoms with van der Waals surface area (Å²) in [5.41, 5.74) is 0.492. The summed E-state index contributed by atoms with van der Waals surface area (Å²) in [6, 6.07) is 1.45. The van der Waals surface area contributed by atoms with Crippen molar-refractivity contribution in [2.24, 2.45) is 0 Å². The van der Waals surface area contributed by atoms with Gasteiger partial charge < -0.3 is 19.3 Å². The maximum Gasteiger partial charge on any atom is 0.336 e. The van der Waals surface area contributed by atoms with Gasteiger partial charge in [-0.3, -0.25) is 0 Å². The number of methoxy groups -OCH3 is 2. The van der Waals surface area contributed by atoms with E-state index in [-0.39, 0.29) is 11.0 Å². The van der Waals surface area contributed by atoms with Crippen molar-refractivity contribution in [2.45, 2.75) is 18.8 Å². The molecule has 1 aromatic rings. The third kappa shape index (κ3) is 3.10. The van der Waals surface area contributed by atoms with Crippen LogP contribution in [-0.4, -0.2) is 36.5 Å². The molecule has 6 heteroatoms. The van der Waals surface area contributed by atoms with Crippen molar-refractivity contribution in [1.29, 1.82) is 0 Å². The standard InChI is InChI=1S/C15H18O5S/c1-4-7-21-12-6-5-9-10(15(16)17)8-11(18-2)14(19-3)13(9)20-12/h5-6,8,12H,4,7H2,1-3H3,(H,16,17). The van der Waals surface area contributed by atoms with Gasteiger partial charge in [0.2, 0.25) is 5.75 Å². The lowest BCUT2D eigenvalue weighted by atomic mass is 10.0. The zero-order chi connectivity index (χ0) is 15.4. The van der Waals surface area contributed by atoms with E-state index in [0.717, 1.165) is 12.2 Å². The van der Waals surface area contributed by atoms with Crippen LogP contribution >= 0.6 is 11.8 Å². The van der Waals surface area contributed by atoms with Gasteiger partial charge >= 0.3 is 5.97 Å². The van der Waals surface area contributed by atoms with Gasteiger partial charge in [-0.15, -0.1) is 11.8 Å². The number of carboxylic acids is 1. The molecule has 1 unspecified atom stereocenters. The summed E-state index contributed by atoms with van der Waals surface area (Å²) in [5, 5.41) is 9.34. The maximum atomic E-state index is 11.4. The molecule has 0 radical (unpaired) electrons. The van der Waals surface area contributed by atoms with E-state index < -0.39 is 5.97 Å². The van der Waals surface area contributed by atoms with Gasteiger partial charge in [-0.25, -0.2) is 4.79 Å². The Bertz CT molecular complexity index is 568. The normalized spacial score (nSPS) is 16.0. The van der Waals surface area contributed by atoms with E-state index in [1.807, 2.05) is 6.08 Å². The number of hydrogen-bond acceptors (Lipinski definition) is 5. The number of fused-ring (bicyclic) bond motifs is 1. The van der Waals surface area contributed by atoms with Gasteiger partial charge in [-0.1, -0.05) is 6.92 Å². The van der Waals surface area contributed by atoms with Gasteiger partial charge in [0.15, 0.2) is 16.9 Å². The molecule has 0 bridgehead atoms. The summed E-state index contributed by atoms with van der Waals surface area (Å²) in [5.74, 6) is 1.13. The number of rotatable bonds is 6. The molecule has 1 aliphatic heterocycles. The van der Waals surface area contributed by atoms with Crippen LogP contribution in [0, 0.1) is 0 Å². The van der Waals surface area contributed by atoms with E-state index in [9.17, 15) is 9.90 Å². The molecule has 0 fully saturated rings. The number of benzene rings is 1. The summed E-state index contributed by atoms with van der Waals surface area (Å²) in [7, 11) is 2.98. The first-order valence-corrected chi connectivity index (χ1v) is 7.66. The zero-order valence-corrected chi connectivity index (χ0v) is 13.0. The third-order valence-corrected chi connectivity index (χ3v) is 4.26. The molecular formula is C15H18O5S. The van der Waals surface area contributed by atoms with Gasteiger partial charge in [0, 0.05) is 5.56 Å². The lowest BCUT2D eigenvalue weighted by Crippen LogP contribution is -2.16. The van der Waals surface area contributed by atoms with Crippen LogP contribution in [0.4, 0.5) is 0 Å². The largest absolute Gasteiger partial charge is 0.493 e. The van der Waals surface area contributed by atoms with Crippen LogP contribution in [0.5, 0.6) is 17.2 Å². The summed E-state index contributed by atoms with van der Waals surface area (Å²) < 4.78 is 16.4. The van der Waals surface area contributed by atoms with Crippen LogP contribution in [-0.2, 0) is 0 Å². The Morgan fingerprint density at radius 2 is 2.19 bits per heavy atom. The van der Waals surface area contributed by atoms with Crippen molar-refractivity contribution in [3.05, 3.63) is 23.3 Å². The highest BCUT2D eigenvalue weighted by Crippen LogP contribution is 2.45. The van der Waals surface area contributed by atoms with Crippen LogP contribution in [0.1, 0.15) is 29.3 Å². The van der Waals surface area contributed by atoms with Crippen LogP contribution in [0.25, 0.3) is 6.08 Å². The second-order valence-corrected chi connectivity index (χ2v) is 5.63. The molecule has 1 N–H and O–H groups in total. The van der Waals surface area contributed by atoms with E-state index in [0.29, 0.717) is 22.8 Å². The molecule has 0 saturated carbocycles. The first-order valence-electron chi connectivity index (χ1n) is 6.61. The van der Waals surface area contributed by atoms with Gasteiger partial charge in [0.1, 0.15) is 0 Å². The topological polar surface area (TPSA) is 65.0 Å². The Labute approximate surface area is 127 Å². The molecule has 5 nitrogen and oxygen atoms in total. The Morgan fingerprint density at radius 1 is 1.43 bits per heavy atom. The van der Waals surface area contributed by atoms with Gasteiger partial charge in [0.05, 0.1) is 19.8 Å². The van der Waals surface area contributed by atoms with Crippen molar-refractivity contribution in [1.82, 2.24) is 0 Å². The Morgan fingerprint density at radius 3 is 2.76 bits per heavy atom. The van der Waals surface area contributed by atoms with Crippen molar-refractivity contribution >= 4 is 23.8 Å². The molecule has 0 aromatic heterocycles. The molecule has 2 rings (SSSR count). The number of aromatic carboxylic acids is 1. The molecule has 1 atom stereocenters. The Balaban J connectivity index is 2.49. The smallest absolute Gasteiger partial charge is 0.336 e. The highest BCUT2D eigenvalue weighted by molar-refractivity contribution is 7.99. The van der Waals surface area contributed by atoms with Crippen LogP contribution in [0.15, 0.2) is 12.1 Å². The SMILES string of the molecule is CCCSC1C=Cc2c(C(=O)O)cc(OC)c(OC)c2O1. The molecule has 0 amide bonds. The third-order valence-electron chi connectivity index (χ3n) is 3.03. The van der Waals surface area contributed by atoms with E-state index in [1.54, 1.807) is 17.8 Å². The fourth-order valence-corrected chi connectivity index (χ4v) is 2.91. The highest BCUT2D eigenvalue weighted by atomic mass is 32.2. The summed E-state index contributed by atoms with van der Waals surface area (Å²) in [6.07, 6.45) is 4.68. The number of ether oxygens (including phenoxy) is 3. The molecule has 1 heterocycles. The van der Waals surface area contributed by atoms with Gasteiger partial charge in [-0.05, 0) is 30.4 Å². The molecule has 1 aliphatic rings. The molecular weight excluding hydrogens is 292 g/mol. The van der Waals surface area contributed by atoms with Crippen LogP contribution < -0.4 is 14.2 Å². The summed E-state index contributed by atoms with van der Waals surface area (Å²) >= 11 is 1.66. The first-order chi connectivity index (χ1) is 10.1. The Kier molecular flexibility index (Phi) is 5.01. The van der Waals surface area contributed by atoms with Gasteiger partial charge in [-0.2, -0.15) is 0 Å². The zero-order valence-electron chi connectivity index (χ0n) is 12.2. The minimum Gasteiger partial charge on any atom is -0.493 e. The second kappa shape index (κ2) is 6.76. The minimum absolute atomic E-state index is 0.137. The minimum atomic E-state index is -1.03. The molecule has 21 heavy (non-hydrogen) atoms. The monoisotopic (exact) mass is 310 g/mol. The quantitative estimate of drug-likeness (QED) is 0.870. The average molecular weight is 310 g/mol. The molecule has 0 spiro atoms. The predicted molar refractivity (Wildman–Crippen MR) is 82.7 cm³/mol. The summed E-state index contributed by atoms with van der Waals surface area (Å²) in [4.78, 5) is 11.4. The first kappa shape index (κ1) is 15.6. The predicted octanol–water partition coefficient (Wildman–Crippen LogP) is 3.28. The number of carboxylic acid groups (broad SMARTS) is 1. The fraction of sp³-hybridized carbons (Fsp3) is 0.400. The van der Waals surface area contributed by atoms with Crippen molar-refractivity contribution in [3.8, 4) is 17.2 Å². The summed E-state index contributed by atoms with van der Waals surface area (Å²) in [6.45, 7) is 2.10. The maximum absolute atomic E-state index is 11.4.